The molecule has 6 nitrogen and oxygen atoms in total. The van der Waals surface area contributed by atoms with Crippen molar-refractivity contribution in [3.05, 3.63) is 11.8 Å². The zero-order chi connectivity index (χ0) is 16.5. The minimum Gasteiger partial charge on any atom is -0.444 e. The fourth-order valence-corrected chi connectivity index (χ4v) is 2.06. The van der Waals surface area contributed by atoms with Gasteiger partial charge in [0.1, 0.15) is 11.3 Å². The highest BCUT2D eigenvalue weighted by Gasteiger charge is 2.34. The predicted octanol–water partition coefficient (Wildman–Crippen LogP) is 2.49. The Balaban J connectivity index is 1.92. The van der Waals surface area contributed by atoms with E-state index in [2.05, 4.69) is 5.10 Å². The number of hydrogen-bond donors (Lipinski definition) is 1. The second-order valence-corrected chi connectivity index (χ2v) is 6.09. The van der Waals surface area contributed by atoms with E-state index in [0.29, 0.717) is 26.2 Å². The molecule has 0 bridgehead atoms. The largest absolute Gasteiger partial charge is 0.444 e. The van der Waals surface area contributed by atoms with Crippen LogP contribution in [0.3, 0.4) is 0 Å². The average Bonchev–Trinajstić information content (AvgIpc) is 2.86. The van der Waals surface area contributed by atoms with Gasteiger partial charge in [-0.05, 0) is 20.8 Å². The second-order valence-electron chi connectivity index (χ2n) is 6.09. The van der Waals surface area contributed by atoms with Crippen LogP contribution >= 0.6 is 0 Å². The number of rotatable bonds is 1. The fraction of sp³-hybridized carbons (Fsp3) is 0.692. The van der Waals surface area contributed by atoms with Gasteiger partial charge in [0.25, 0.3) is 0 Å². The van der Waals surface area contributed by atoms with E-state index >= 15 is 0 Å². The van der Waals surface area contributed by atoms with Crippen LogP contribution in [-0.4, -0.2) is 53.0 Å². The Morgan fingerprint density at radius 2 is 1.82 bits per heavy atom. The highest BCUT2D eigenvalue weighted by atomic mass is 19.4. The van der Waals surface area contributed by atoms with Crippen molar-refractivity contribution in [3.8, 4) is 0 Å². The Morgan fingerprint density at radius 3 is 2.27 bits per heavy atom. The van der Waals surface area contributed by atoms with Crippen molar-refractivity contribution in [1.82, 2.24) is 15.1 Å². The molecule has 1 aromatic heterocycles. The summed E-state index contributed by atoms with van der Waals surface area (Å²) in [5, 5.41) is 5.67. The number of aromatic amines is 1. The molecule has 1 aliphatic heterocycles. The van der Waals surface area contributed by atoms with Crippen LogP contribution in [-0.2, 0) is 10.9 Å². The molecule has 0 atom stereocenters. The fourth-order valence-electron chi connectivity index (χ4n) is 2.06. The van der Waals surface area contributed by atoms with Crippen molar-refractivity contribution in [2.24, 2.45) is 0 Å². The maximum Gasteiger partial charge on any atom is 0.432 e. The number of amides is 1. The van der Waals surface area contributed by atoms with Gasteiger partial charge in [-0.3, -0.25) is 5.10 Å². The minimum absolute atomic E-state index is 0.233. The summed E-state index contributed by atoms with van der Waals surface area (Å²) in [5.41, 5.74) is -1.45. The Morgan fingerprint density at radius 1 is 1.23 bits per heavy atom. The lowest BCUT2D eigenvalue weighted by molar-refractivity contribution is -0.141. The van der Waals surface area contributed by atoms with E-state index in [0.717, 1.165) is 6.07 Å². The molecule has 22 heavy (non-hydrogen) atoms. The third kappa shape index (κ3) is 4.05. The molecule has 1 aromatic rings. The number of halogens is 3. The van der Waals surface area contributed by atoms with Crippen LogP contribution in [0.15, 0.2) is 6.07 Å². The van der Waals surface area contributed by atoms with Crippen molar-refractivity contribution >= 4 is 11.9 Å². The molecule has 2 heterocycles. The molecule has 1 fully saturated rings. The molecule has 9 heteroatoms. The van der Waals surface area contributed by atoms with Gasteiger partial charge in [-0.25, -0.2) is 4.79 Å². The molecule has 1 amide bonds. The number of alkyl halides is 3. The summed E-state index contributed by atoms with van der Waals surface area (Å²) in [6.07, 6.45) is -4.85. The molecule has 1 aliphatic rings. The number of aromatic nitrogens is 2. The minimum atomic E-state index is -4.44. The van der Waals surface area contributed by atoms with Gasteiger partial charge >= 0.3 is 12.3 Å². The van der Waals surface area contributed by atoms with E-state index in [1.54, 1.807) is 30.6 Å². The van der Waals surface area contributed by atoms with Gasteiger partial charge < -0.3 is 14.5 Å². The molecular formula is C13H19F3N4O2. The molecule has 0 saturated carbocycles. The summed E-state index contributed by atoms with van der Waals surface area (Å²) in [5.74, 6) is 0.233. The Kier molecular flexibility index (Phi) is 4.25. The molecule has 0 spiro atoms. The van der Waals surface area contributed by atoms with Crippen LogP contribution in [0.25, 0.3) is 0 Å². The number of nitrogens with zero attached hydrogens (tertiary/aromatic N) is 3. The first-order valence-corrected chi connectivity index (χ1v) is 6.92. The number of anilines is 1. The van der Waals surface area contributed by atoms with E-state index < -0.39 is 23.6 Å². The maximum absolute atomic E-state index is 12.5. The molecule has 0 radical (unpaired) electrons. The molecule has 0 aliphatic carbocycles. The van der Waals surface area contributed by atoms with Gasteiger partial charge in [0.05, 0.1) is 0 Å². The third-order valence-electron chi connectivity index (χ3n) is 3.13. The summed E-state index contributed by atoms with van der Waals surface area (Å²) in [7, 11) is 0. The van der Waals surface area contributed by atoms with E-state index in [9.17, 15) is 18.0 Å². The van der Waals surface area contributed by atoms with Gasteiger partial charge in [-0.1, -0.05) is 0 Å². The lowest BCUT2D eigenvalue weighted by Crippen LogP contribution is -2.50. The first kappa shape index (κ1) is 16.4. The monoisotopic (exact) mass is 320 g/mol. The molecule has 1 saturated heterocycles. The number of ether oxygens (including phenoxy) is 1. The summed E-state index contributed by atoms with van der Waals surface area (Å²) in [4.78, 5) is 15.1. The van der Waals surface area contributed by atoms with Crippen molar-refractivity contribution < 1.29 is 22.7 Å². The zero-order valence-electron chi connectivity index (χ0n) is 12.7. The van der Waals surface area contributed by atoms with E-state index in [1.165, 1.54) is 0 Å². The smallest absolute Gasteiger partial charge is 0.432 e. The molecule has 2 rings (SSSR count). The van der Waals surface area contributed by atoms with Crippen molar-refractivity contribution in [3.63, 3.8) is 0 Å². The Hall–Kier alpha value is -1.93. The van der Waals surface area contributed by atoms with Crippen LogP contribution in [0, 0.1) is 0 Å². The first-order chi connectivity index (χ1) is 10.1. The van der Waals surface area contributed by atoms with Gasteiger partial charge in [0, 0.05) is 32.2 Å². The summed E-state index contributed by atoms with van der Waals surface area (Å²) in [6, 6.07) is 0.975. The maximum atomic E-state index is 12.5. The summed E-state index contributed by atoms with van der Waals surface area (Å²) < 4.78 is 42.9. The van der Waals surface area contributed by atoms with Crippen molar-refractivity contribution in [2.45, 2.75) is 32.5 Å². The summed E-state index contributed by atoms with van der Waals surface area (Å²) in [6.45, 7) is 6.91. The highest BCUT2D eigenvalue weighted by molar-refractivity contribution is 5.68. The zero-order valence-corrected chi connectivity index (χ0v) is 12.7. The lowest BCUT2D eigenvalue weighted by atomic mass is 10.2. The van der Waals surface area contributed by atoms with Gasteiger partial charge in [-0.2, -0.15) is 18.3 Å². The number of carbonyl (C=O) groups excluding carboxylic acids is 1. The number of H-pyrrole nitrogens is 1. The van der Waals surface area contributed by atoms with Gasteiger partial charge in [-0.15, -0.1) is 0 Å². The third-order valence-corrected chi connectivity index (χ3v) is 3.13. The standard InChI is InChI=1S/C13H19F3N4O2/c1-12(2,3)22-11(21)20-6-4-19(5-7-20)10-8-9(17-18-10)13(14,15)16/h8H,4-7H2,1-3H3,(H,17,18). The SMILES string of the molecule is CC(C)(C)OC(=O)N1CCN(c2cc(C(F)(F)F)[nH]n2)CC1. The average molecular weight is 320 g/mol. The van der Waals surface area contributed by atoms with Crippen molar-refractivity contribution in [1.29, 1.82) is 0 Å². The topological polar surface area (TPSA) is 61.5 Å². The Bertz CT molecular complexity index is 528. The number of carbonyl (C=O) groups is 1. The quantitative estimate of drug-likeness (QED) is 0.863. The van der Waals surface area contributed by atoms with E-state index in [4.69, 9.17) is 4.74 Å². The van der Waals surface area contributed by atoms with E-state index in [1.807, 2.05) is 5.10 Å². The lowest BCUT2D eigenvalue weighted by Gasteiger charge is -2.35. The van der Waals surface area contributed by atoms with Crippen LogP contribution in [0.1, 0.15) is 26.5 Å². The van der Waals surface area contributed by atoms with E-state index in [-0.39, 0.29) is 5.82 Å². The number of hydrogen-bond acceptors (Lipinski definition) is 4. The van der Waals surface area contributed by atoms with Crippen LogP contribution in [0.5, 0.6) is 0 Å². The van der Waals surface area contributed by atoms with Crippen molar-refractivity contribution in [2.75, 3.05) is 31.1 Å². The molecule has 0 unspecified atom stereocenters. The number of piperazine rings is 1. The number of nitrogens with one attached hydrogen (secondary N) is 1. The predicted molar refractivity (Wildman–Crippen MR) is 73.6 cm³/mol. The Labute approximate surface area is 126 Å². The molecule has 0 aromatic carbocycles. The van der Waals surface area contributed by atoms with Crippen LogP contribution in [0.4, 0.5) is 23.8 Å². The summed E-state index contributed by atoms with van der Waals surface area (Å²) >= 11 is 0. The first-order valence-electron chi connectivity index (χ1n) is 6.92. The second kappa shape index (κ2) is 5.69. The normalized spacial score (nSPS) is 16.8. The highest BCUT2D eigenvalue weighted by Crippen LogP contribution is 2.29. The van der Waals surface area contributed by atoms with Crippen LogP contribution in [0.2, 0.25) is 0 Å². The van der Waals surface area contributed by atoms with Gasteiger partial charge in [0.15, 0.2) is 5.82 Å². The molecule has 1 N–H and O–H groups in total. The van der Waals surface area contributed by atoms with Gasteiger partial charge in [0.2, 0.25) is 0 Å². The molecular weight excluding hydrogens is 301 g/mol. The molecule has 124 valence electrons. The van der Waals surface area contributed by atoms with Crippen LogP contribution < -0.4 is 4.90 Å².